The van der Waals surface area contributed by atoms with Crippen molar-refractivity contribution in [2.24, 2.45) is 0 Å². The van der Waals surface area contributed by atoms with Crippen molar-refractivity contribution in [3.05, 3.63) is 105 Å². The molecule has 0 radical (unpaired) electrons. The highest BCUT2D eigenvalue weighted by molar-refractivity contribution is 7.25. The lowest BCUT2D eigenvalue weighted by Gasteiger charge is -2.13. The van der Waals surface area contributed by atoms with Crippen LogP contribution in [0.4, 0.5) is 0 Å². The molecular weight excluding hydrogens is 396 g/mol. The van der Waals surface area contributed by atoms with Gasteiger partial charge in [-0.25, -0.2) is 9.36 Å². The summed E-state index contributed by atoms with van der Waals surface area (Å²) in [6.45, 7) is 0.376. The van der Waals surface area contributed by atoms with Gasteiger partial charge in [-0.05, 0) is 23.8 Å². The maximum Gasteiger partial charge on any atom is 0.336 e. The molecule has 0 saturated carbocycles. The van der Waals surface area contributed by atoms with Gasteiger partial charge in [-0.3, -0.25) is 9.36 Å². The fraction of sp³-hybridized carbons (Fsp3) is 0.0833. The number of methoxy groups -OCH3 is 1. The van der Waals surface area contributed by atoms with E-state index in [-0.39, 0.29) is 11.2 Å². The van der Waals surface area contributed by atoms with Crippen LogP contribution in [0.2, 0.25) is 0 Å². The molecule has 0 bridgehead atoms. The van der Waals surface area contributed by atoms with Crippen molar-refractivity contribution in [2.45, 2.75) is 6.54 Å². The van der Waals surface area contributed by atoms with Crippen LogP contribution in [0.1, 0.15) is 5.56 Å². The average Bonchev–Trinajstić information content (AvgIpc) is 3.18. The van der Waals surface area contributed by atoms with Crippen LogP contribution in [0.15, 0.2) is 88.5 Å². The number of aromatic nitrogens is 2. The van der Waals surface area contributed by atoms with Gasteiger partial charge in [0.25, 0.3) is 5.56 Å². The molecule has 0 spiro atoms. The zero-order chi connectivity index (χ0) is 20.7. The summed E-state index contributed by atoms with van der Waals surface area (Å²) in [4.78, 5) is 27.1. The lowest BCUT2D eigenvalue weighted by molar-refractivity contribution is 0.414. The molecule has 2 heterocycles. The number of rotatable bonds is 4. The Labute approximate surface area is 176 Å². The molecule has 0 aliphatic heterocycles. The molecule has 0 atom stereocenters. The predicted molar refractivity (Wildman–Crippen MR) is 121 cm³/mol. The Morgan fingerprint density at radius 2 is 1.67 bits per heavy atom. The number of fused-ring (bicyclic) bond motifs is 3. The van der Waals surface area contributed by atoms with Gasteiger partial charge < -0.3 is 4.74 Å². The normalized spacial score (nSPS) is 11.2. The van der Waals surface area contributed by atoms with Crippen LogP contribution in [0.3, 0.4) is 0 Å². The van der Waals surface area contributed by atoms with E-state index in [0.717, 1.165) is 15.6 Å². The summed E-state index contributed by atoms with van der Waals surface area (Å²) in [6.07, 6.45) is 0. The summed E-state index contributed by atoms with van der Waals surface area (Å²) in [5.41, 5.74) is 1.49. The van der Waals surface area contributed by atoms with Gasteiger partial charge in [-0.15, -0.1) is 11.3 Å². The van der Waals surface area contributed by atoms with Crippen LogP contribution < -0.4 is 16.0 Å². The maximum atomic E-state index is 13.6. The second-order valence-electron chi connectivity index (χ2n) is 6.97. The fourth-order valence-corrected chi connectivity index (χ4v) is 4.88. The van der Waals surface area contributed by atoms with Crippen LogP contribution in [-0.4, -0.2) is 16.2 Å². The molecule has 6 heteroatoms. The number of nitrogens with zero attached hydrogens (tertiary/aromatic N) is 2. The van der Waals surface area contributed by atoms with Crippen molar-refractivity contribution in [3.63, 3.8) is 0 Å². The Kier molecular flexibility index (Phi) is 4.48. The zero-order valence-corrected chi connectivity index (χ0v) is 17.1. The van der Waals surface area contributed by atoms with E-state index in [1.54, 1.807) is 35.9 Å². The molecule has 5 rings (SSSR count). The molecule has 5 nitrogen and oxygen atoms in total. The van der Waals surface area contributed by atoms with Gasteiger partial charge in [-0.2, -0.15) is 0 Å². The minimum atomic E-state index is -0.367. The Bertz CT molecular complexity index is 1500. The molecule has 3 aromatic carbocycles. The molecule has 0 unspecified atom stereocenters. The summed E-state index contributed by atoms with van der Waals surface area (Å²) in [5.74, 6) is 0.588. The molecule has 30 heavy (non-hydrogen) atoms. The number of ether oxygens (including phenoxy) is 1. The third-order valence-corrected chi connectivity index (χ3v) is 6.30. The Hall–Kier alpha value is -3.64. The minimum absolute atomic E-state index is 0.311. The highest BCUT2D eigenvalue weighted by Gasteiger charge is 2.19. The Morgan fingerprint density at radius 3 is 2.47 bits per heavy atom. The molecule has 2 aromatic heterocycles. The van der Waals surface area contributed by atoms with Crippen LogP contribution in [0.25, 0.3) is 26.0 Å². The monoisotopic (exact) mass is 414 g/mol. The lowest BCUT2D eigenvalue weighted by Crippen LogP contribution is -2.38. The smallest absolute Gasteiger partial charge is 0.336 e. The first-order valence-corrected chi connectivity index (χ1v) is 10.3. The lowest BCUT2D eigenvalue weighted by atomic mass is 10.2. The highest BCUT2D eigenvalue weighted by Crippen LogP contribution is 2.31. The average molecular weight is 414 g/mol. The van der Waals surface area contributed by atoms with E-state index in [1.807, 2.05) is 54.6 Å². The van der Waals surface area contributed by atoms with Crippen LogP contribution >= 0.6 is 11.3 Å². The van der Waals surface area contributed by atoms with Crippen LogP contribution in [-0.2, 0) is 6.54 Å². The summed E-state index contributed by atoms with van der Waals surface area (Å²) >= 11 is 1.42. The van der Waals surface area contributed by atoms with Crippen molar-refractivity contribution < 1.29 is 4.74 Å². The first-order chi connectivity index (χ1) is 14.7. The van der Waals surface area contributed by atoms with E-state index in [9.17, 15) is 9.59 Å². The van der Waals surface area contributed by atoms with E-state index in [4.69, 9.17) is 4.74 Å². The number of benzene rings is 3. The van der Waals surface area contributed by atoms with Crippen molar-refractivity contribution in [3.8, 4) is 11.4 Å². The first-order valence-electron chi connectivity index (χ1n) is 9.53. The molecule has 0 amide bonds. The predicted octanol–water partition coefficient (Wildman–Crippen LogP) is 4.42. The SMILES string of the molecule is COc1cccc(-n2c(=O)c3sc4ccccc4c3n(Cc3ccccc3)c2=O)c1. The second kappa shape index (κ2) is 7.31. The largest absolute Gasteiger partial charge is 0.497 e. The van der Waals surface area contributed by atoms with E-state index in [2.05, 4.69) is 0 Å². The Balaban J connectivity index is 1.89. The second-order valence-corrected chi connectivity index (χ2v) is 8.02. The third-order valence-electron chi connectivity index (χ3n) is 5.15. The third kappa shape index (κ3) is 2.93. The van der Waals surface area contributed by atoms with E-state index < -0.39 is 0 Å². The summed E-state index contributed by atoms with van der Waals surface area (Å²) in [7, 11) is 1.56. The summed E-state index contributed by atoms with van der Waals surface area (Å²) in [6, 6.07) is 24.6. The number of thiophene rings is 1. The van der Waals surface area contributed by atoms with Gasteiger partial charge in [0.05, 0.1) is 24.9 Å². The molecule has 0 aliphatic carbocycles. The van der Waals surface area contributed by atoms with Crippen molar-refractivity contribution in [1.82, 2.24) is 9.13 Å². The highest BCUT2D eigenvalue weighted by atomic mass is 32.1. The quantitative estimate of drug-likeness (QED) is 0.437. The van der Waals surface area contributed by atoms with E-state index >= 15 is 0 Å². The molecule has 5 aromatic rings. The summed E-state index contributed by atoms with van der Waals surface area (Å²) < 4.78 is 9.78. The fourth-order valence-electron chi connectivity index (χ4n) is 3.74. The molecule has 0 aliphatic rings. The molecular formula is C24H18N2O3S. The molecule has 0 N–H and O–H groups in total. The van der Waals surface area contributed by atoms with Gasteiger partial charge >= 0.3 is 5.69 Å². The molecule has 0 saturated heterocycles. The molecule has 0 fully saturated rings. The van der Waals surface area contributed by atoms with Gasteiger partial charge in [0.2, 0.25) is 0 Å². The maximum absolute atomic E-state index is 13.6. The van der Waals surface area contributed by atoms with E-state index in [1.165, 1.54) is 15.9 Å². The van der Waals surface area contributed by atoms with Crippen molar-refractivity contribution in [1.29, 1.82) is 0 Å². The van der Waals surface area contributed by atoms with Gasteiger partial charge in [-0.1, -0.05) is 54.6 Å². The van der Waals surface area contributed by atoms with Crippen molar-refractivity contribution in [2.75, 3.05) is 7.11 Å². The van der Waals surface area contributed by atoms with Crippen LogP contribution in [0.5, 0.6) is 5.75 Å². The zero-order valence-electron chi connectivity index (χ0n) is 16.2. The Morgan fingerprint density at radius 1 is 0.900 bits per heavy atom. The minimum Gasteiger partial charge on any atom is -0.497 e. The van der Waals surface area contributed by atoms with E-state index in [0.29, 0.717) is 28.2 Å². The van der Waals surface area contributed by atoms with Crippen molar-refractivity contribution >= 4 is 31.6 Å². The summed E-state index contributed by atoms with van der Waals surface area (Å²) in [5, 5.41) is 0.917. The van der Waals surface area contributed by atoms with Gasteiger partial charge in [0, 0.05) is 16.2 Å². The first kappa shape index (κ1) is 18.4. The van der Waals surface area contributed by atoms with Gasteiger partial charge in [0.1, 0.15) is 10.4 Å². The van der Waals surface area contributed by atoms with Crippen LogP contribution in [0, 0.1) is 0 Å². The number of hydrogen-bond donors (Lipinski definition) is 0. The molecule has 148 valence electrons. The van der Waals surface area contributed by atoms with Gasteiger partial charge in [0.15, 0.2) is 0 Å². The standard InChI is InChI=1S/C24H18N2O3S/c1-29-18-11-7-10-17(14-18)26-23(27)22-21(19-12-5-6-13-20(19)30-22)25(24(26)28)15-16-8-3-2-4-9-16/h2-14H,15H2,1H3. The topological polar surface area (TPSA) is 53.2 Å². The number of hydrogen-bond acceptors (Lipinski definition) is 4.